The molecule has 0 aromatic heterocycles. The molecule has 0 bridgehead atoms. The summed E-state index contributed by atoms with van der Waals surface area (Å²) in [7, 11) is 0. The molecule has 0 N–H and O–H groups in total. The summed E-state index contributed by atoms with van der Waals surface area (Å²) in [6.07, 6.45) is 5.78. The Morgan fingerprint density at radius 3 is 2.19 bits per heavy atom. The van der Waals surface area contributed by atoms with Crippen molar-refractivity contribution in [1.82, 2.24) is 0 Å². The Morgan fingerprint density at radius 1 is 0.852 bits per heavy atom. The van der Waals surface area contributed by atoms with Crippen LogP contribution in [0.15, 0.2) is 42.5 Å². The molecule has 3 aromatic rings. The number of hydrogen-bond acceptors (Lipinski definition) is 0. The van der Waals surface area contributed by atoms with Crippen molar-refractivity contribution in [2.24, 2.45) is 0 Å². The topological polar surface area (TPSA) is 0 Å². The van der Waals surface area contributed by atoms with Crippen molar-refractivity contribution in [2.75, 3.05) is 0 Å². The Balaban J connectivity index is 0.00000210. The van der Waals surface area contributed by atoms with Gasteiger partial charge in [0.2, 0.25) is 0 Å². The van der Waals surface area contributed by atoms with Gasteiger partial charge in [0.15, 0.2) is 11.6 Å². The van der Waals surface area contributed by atoms with Crippen LogP contribution in [0.5, 0.6) is 0 Å². The number of rotatable bonds is 2. The zero-order chi connectivity index (χ0) is 18.3. The molecule has 0 heterocycles. The molecule has 3 aromatic carbocycles. The molecule has 1 saturated carbocycles. The largest absolute Gasteiger partial charge is 1.00 e. The Morgan fingerprint density at radius 2 is 1.52 bits per heavy atom. The second-order valence-corrected chi connectivity index (χ2v) is 7.13. The van der Waals surface area contributed by atoms with Gasteiger partial charge in [-0.05, 0) is 35.4 Å². The number of aryl methyl sites for hydroxylation is 1. The van der Waals surface area contributed by atoms with Gasteiger partial charge in [0, 0.05) is 5.56 Å². The summed E-state index contributed by atoms with van der Waals surface area (Å²) in [5.41, 5.74) is 2.29. The SMILES string of the molecule is Cc1ccc(-c2cc3ccc(C4CC[CH-]CC4)c(F)c3c(F)c2F)cc1.[Rb+]. The van der Waals surface area contributed by atoms with Gasteiger partial charge in [-0.2, -0.15) is 12.8 Å². The van der Waals surface area contributed by atoms with E-state index in [0.29, 0.717) is 16.5 Å². The number of halogens is 3. The van der Waals surface area contributed by atoms with E-state index in [1.807, 2.05) is 19.1 Å². The Bertz CT molecular complexity index is 958. The maximum Gasteiger partial charge on any atom is 1.00 e. The molecule has 0 nitrogen and oxygen atoms in total. The van der Waals surface area contributed by atoms with Crippen LogP contribution in [0.2, 0.25) is 0 Å². The molecular weight excluding hydrogens is 419 g/mol. The van der Waals surface area contributed by atoms with E-state index in [4.69, 9.17) is 0 Å². The van der Waals surface area contributed by atoms with Gasteiger partial charge in [0.25, 0.3) is 0 Å². The van der Waals surface area contributed by atoms with Crippen molar-refractivity contribution >= 4 is 10.8 Å². The predicted octanol–water partition coefficient (Wildman–Crippen LogP) is 4.10. The summed E-state index contributed by atoms with van der Waals surface area (Å²) in [6, 6.07) is 12.2. The molecule has 0 atom stereocenters. The van der Waals surface area contributed by atoms with Gasteiger partial charge in [0.05, 0.1) is 5.39 Å². The summed E-state index contributed by atoms with van der Waals surface area (Å²) in [4.78, 5) is 0. The zero-order valence-electron chi connectivity index (χ0n) is 15.7. The van der Waals surface area contributed by atoms with Crippen LogP contribution in [0.4, 0.5) is 13.2 Å². The van der Waals surface area contributed by atoms with Crippen LogP contribution in [0.3, 0.4) is 0 Å². The van der Waals surface area contributed by atoms with Crippen LogP contribution >= 0.6 is 0 Å². The molecule has 0 spiro atoms. The second-order valence-electron chi connectivity index (χ2n) is 7.13. The molecule has 4 heteroatoms. The van der Waals surface area contributed by atoms with Gasteiger partial charge < -0.3 is 6.42 Å². The zero-order valence-corrected chi connectivity index (χ0v) is 20.6. The first-order chi connectivity index (χ1) is 12.6. The Hall–Kier alpha value is -0.485. The molecule has 1 aliphatic carbocycles. The van der Waals surface area contributed by atoms with E-state index >= 15 is 4.39 Å². The number of benzene rings is 3. The fraction of sp³-hybridized carbons (Fsp3) is 0.261. The first-order valence-corrected chi connectivity index (χ1v) is 9.05. The van der Waals surface area contributed by atoms with E-state index in [1.54, 1.807) is 30.3 Å². The third-order valence-electron chi connectivity index (χ3n) is 5.39. The van der Waals surface area contributed by atoms with Crippen LogP contribution in [-0.2, 0) is 0 Å². The predicted molar refractivity (Wildman–Crippen MR) is 99.5 cm³/mol. The molecule has 134 valence electrons. The first-order valence-electron chi connectivity index (χ1n) is 9.05. The van der Waals surface area contributed by atoms with Crippen molar-refractivity contribution in [2.45, 2.75) is 38.5 Å². The van der Waals surface area contributed by atoms with E-state index in [-0.39, 0.29) is 75.1 Å². The van der Waals surface area contributed by atoms with Crippen molar-refractivity contribution < 1.29 is 71.4 Å². The molecular formula is C23H20F3Rb. The second kappa shape index (κ2) is 8.90. The summed E-state index contributed by atoms with van der Waals surface area (Å²) in [5, 5.41) is 0.161. The van der Waals surface area contributed by atoms with Gasteiger partial charge >= 0.3 is 58.2 Å². The van der Waals surface area contributed by atoms with Gasteiger partial charge in [-0.1, -0.05) is 54.8 Å². The molecule has 1 aliphatic rings. The average molecular weight is 439 g/mol. The van der Waals surface area contributed by atoms with Gasteiger partial charge in [-0.15, -0.1) is 0 Å². The van der Waals surface area contributed by atoms with Gasteiger partial charge in [-0.25, -0.2) is 13.2 Å². The standard InChI is InChI=1S/C23H20F3.Rb/c1-14-7-9-16(10-8-14)19-13-17-11-12-18(15-5-3-2-4-6-15)21(24)20(17)23(26)22(19)25;/h2,7-13,15H,3-6H2,1H3;/q-1;+1. The maximum absolute atomic E-state index is 15.1. The summed E-state index contributed by atoms with van der Waals surface area (Å²) in [5.74, 6) is -2.63. The normalized spacial score (nSPS) is 15.0. The molecule has 0 unspecified atom stereocenters. The number of hydrogen-bond donors (Lipinski definition) is 0. The van der Waals surface area contributed by atoms with E-state index in [1.165, 1.54) is 0 Å². The molecule has 4 rings (SSSR count). The molecule has 0 aliphatic heterocycles. The minimum atomic E-state index is -1.10. The van der Waals surface area contributed by atoms with Crippen molar-refractivity contribution in [3.8, 4) is 11.1 Å². The minimum Gasteiger partial charge on any atom is -0.328 e. The molecule has 0 saturated heterocycles. The smallest absolute Gasteiger partial charge is 0.328 e. The third kappa shape index (κ3) is 4.12. The molecule has 1 fully saturated rings. The van der Waals surface area contributed by atoms with Crippen molar-refractivity contribution in [3.05, 3.63) is 77.5 Å². The first kappa shape index (κ1) is 21.2. The van der Waals surface area contributed by atoms with Gasteiger partial charge in [0.1, 0.15) is 5.82 Å². The molecule has 27 heavy (non-hydrogen) atoms. The van der Waals surface area contributed by atoms with Gasteiger partial charge in [-0.3, -0.25) is 0 Å². The van der Waals surface area contributed by atoms with Crippen LogP contribution in [0, 0.1) is 30.8 Å². The molecule has 0 amide bonds. The van der Waals surface area contributed by atoms with E-state index in [0.717, 1.165) is 31.2 Å². The monoisotopic (exact) mass is 438 g/mol. The average Bonchev–Trinajstić information content (AvgIpc) is 2.66. The van der Waals surface area contributed by atoms with E-state index < -0.39 is 17.5 Å². The fourth-order valence-electron chi connectivity index (χ4n) is 3.89. The Kier molecular flexibility index (Phi) is 7.00. The maximum atomic E-state index is 15.1. The molecule has 0 radical (unpaired) electrons. The summed E-state index contributed by atoms with van der Waals surface area (Å²) in [6.45, 7) is 1.93. The van der Waals surface area contributed by atoms with Crippen molar-refractivity contribution in [3.63, 3.8) is 0 Å². The quantitative estimate of drug-likeness (QED) is 0.528. The van der Waals surface area contributed by atoms with Crippen LogP contribution < -0.4 is 58.2 Å². The number of fused-ring (bicyclic) bond motifs is 1. The van der Waals surface area contributed by atoms with Crippen molar-refractivity contribution in [1.29, 1.82) is 0 Å². The summed E-state index contributed by atoms with van der Waals surface area (Å²) >= 11 is 0. The minimum absolute atomic E-state index is 0. The third-order valence-corrected chi connectivity index (χ3v) is 5.39. The van der Waals surface area contributed by atoms with E-state index in [9.17, 15) is 8.78 Å². The van der Waals surface area contributed by atoms with Crippen LogP contribution in [0.1, 0.15) is 42.7 Å². The van der Waals surface area contributed by atoms with E-state index in [2.05, 4.69) is 6.42 Å². The summed E-state index contributed by atoms with van der Waals surface area (Å²) < 4.78 is 44.6. The Labute approximate surface area is 207 Å². The van der Waals surface area contributed by atoms with Crippen LogP contribution in [0.25, 0.3) is 21.9 Å². The fourth-order valence-corrected chi connectivity index (χ4v) is 3.89. The van der Waals surface area contributed by atoms with Crippen LogP contribution in [-0.4, -0.2) is 0 Å².